The number of carbonyl (C=O) groups excluding carboxylic acids is 1. The molecule has 10 heteroatoms. The number of aromatic nitrogens is 1. The number of thioether (sulfide) groups is 2. The topological polar surface area (TPSA) is 104 Å². The minimum absolute atomic E-state index is 0.0269. The fraction of sp³-hybridized carbons (Fsp3) is 0.619. The number of carboxylic acids is 1. The number of pyridine rings is 1. The van der Waals surface area contributed by atoms with E-state index in [1.54, 1.807) is 12.4 Å². The molecule has 1 atom stereocenters. The van der Waals surface area contributed by atoms with Gasteiger partial charge in [0.2, 0.25) is 0 Å². The first kappa shape index (κ1) is 23.9. The molecule has 1 fully saturated rings. The smallest absolute Gasteiger partial charge is 0.323 e. The molecule has 1 saturated carbocycles. The zero-order valence-corrected chi connectivity index (χ0v) is 19.4. The summed E-state index contributed by atoms with van der Waals surface area (Å²) in [5, 5.41) is 12.3. The molecule has 2 amide bonds. The number of amidine groups is 1. The highest BCUT2D eigenvalue weighted by Crippen LogP contribution is 2.30. The van der Waals surface area contributed by atoms with Gasteiger partial charge in [0.05, 0.1) is 30.1 Å². The van der Waals surface area contributed by atoms with Crippen LogP contribution in [0.5, 0.6) is 0 Å². The van der Waals surface area contributed by atoms with Crippen molar-refractivity contribution in [2.75, 3.05) is 25.4 Å². The van der Waals surface area contributed by atoms with E-state index < -0.39 is 5.97 Å². The Bertz CT molecular complexity index is 757. The number of aliphatic imine (C=N–C) groups is 1. The van der Waals surface area contributed by atoms with Crippen molar-refractivity contribution < 1.29 is 19.4 Å². The molecule has 170 valence electrons. The predicted molar refractivity (Wildman–Crippen MR) is 124 cm³/mol. The number of rotatable bonds is 9. The first-order chi connectivity index (χ1) is 15.0. The van der Waals surface area contributed by atoms with Gasteiger partial charge in [-0.05, 0) is 49.3 Å². The average molecular weight is 467 g/mol. The van der Waals surface area contributed by atoms with Crippen molar-refractivity contribution in [2.24, 2.45) is 10.9 Å². The van der Waals surface area contributed by atoms with Gasteiger partial charge in [-0.25, -0.2) is 4.79 Å². The predicted octanol–water partition coefficient (Wildman–Crippen LogP) is 3.44. The SMILES string of the molecule is C[C@H]1CC[C@H](N(CCOCc2ccncc2)C(=O)NC2=NCC(SCC(=O)O)S2)CC1. The Morgan fingerprint density at radius 3 is 2.74 bits per heavy atom. The van der Waals surface area contributed by atoms with Crippen molar-refractivity contribution in [1.29, 1.82) is 0 Å². The largest absolute Gasteiger partial charge is 0.481 e. The monoisotopic (exact) mass is 466 g/mol. The highest BCUT2D eigenvalue weighted by Gasteiger charge is 2.29. The van der Waals surface area contributed by atoms with Gasteiger partial charge in [0.25, 0.3) is 0 Å². The molecule has 2 heterocycles. The Morgan fingerprint density at radius 2 is 2.03 bits per heavy atom. The van der Waals surface area contributed by atoms with Crippen molar-refractivity contribution >= 4 is 40.7 Å². The molecule has 31 heavy (non-hydrogen) atoms. The second-order valence-electron chi connectivity index (χ2n) is 7.84. The van der Waals surface area contributed by atoms with E-state index in [9.17, 15) is 9.59 Å². The van der Waals surface area contributed by atoms with Gasteiger partial charge in [0.15, 0.2) is 5.17 Å². The number of carbonyl (C=O) groups is 2. The van der Waals surface area contributed by atoms with Crippen LogP contribution in [0.2, 0.25) is 0 Å². The zero-order valence-electron chi connectivity index (χ0n) is 17.7. The lowest BCUT2D eigenvalue weighted by atomic mass is 9.86. The van der Waals surface area contributed by atoms with E-state index in [4.69, 9.17) is 9.84 Å². The van der Waals surface area contributed by atoms with Crippen LogP contribution in [-0.2, 0) is 16.1 Å². The summed E-state index contributed by atoms with van der Waals surface area (Å²) < 4.78 is 5.84. The Kier molecular flexibility index (Phi) is 9.48. The fourth-order valence-electron chi connectivity index (χ4n) is 3.68. The van der Waals surface area contributed by atoms with Gasteiger partial charge in [-0.2, -0.15) is 0 Å². The molecule has 1 aliphatic carbocycles. The average Bonchev–Trinajstić information content (AvgIpc) is 3.21. The van der Waals surface area contributed by atoms with E-state index in [-0.39, 0.29) is 22.4 Å². The maximum Gasteiger partial charge on any atom is 0.323 e. The molecule has 8 nitrogen and oxygen atoms in total. The van der Waals surface area contributed by atoms with Crippen molar-refractivity contribution in [1.82, 2.24) is 15.2 Å². The molecule has 3 rings (SSSR count). The molecule has 1 aromatic rings. The van der Waals surface area contributed by atoms with Crippen molar-refractivity contribution in [2.45, 2.75) is 49.8 Å². The molecule has 0 spiro atoms. The number of hydrogen-bond donors (Lipinski definition) is 2. The molecule has 1 aliphatic heterocycles. The molecule has 0 radical (unpaired) electrons. The molecular formula is C21H30N4O4S2. The van der Waals surface area contributed by atoms with Crippen LogP contribution in [0.3, 0.4) is 0 Å². The second kappa shape index (κ2) is 12.3. The van der Waals surface area contributed by atoms with Crippen molar-refractivity contribution in [3.8, 4) is 0 Å². The first-order valence-corrected chi connectivity index (χ1v) is 12.5. The lowest BCUT2D eigenvalue weighted by molar-refractivity contribution is -0.133. The van der Waals surface area contributed by atoms with Crippen LogP contribution >= 0.6 is 23.5 Å². The number of carboxylic acid groups (broad SMARTS) is 1. The highest BCUT2D eigenvalue weighted by molar-refractivity contribution is 8.25. The first-order valence-electron chi connectivity index (χ1n) is 10.6. The maximum absolute atomic E-state index is 13.1. The zero-order chi connectivity index (χ0) is 22.1. The quantitative estimate of drug-likeness (QED) is 0.537. The Hall–Kier alpha value is -1.78. The lowest BCUT2D eigenvalue weighted by Gasteiger charge is -2.36. The van der Waals surface area contributed by atoms with Gasteiger partial charge >= 0.3 is 12.0 Å². The summed E-state index contributed by atoms with van der Waals surface area (Å²) in [5.41, 5.74) is 1.05. The van der Waals surface area contributed by atoms with Gasteiger partial charge in [-0.1, -0.05) is 18.7 Å². The fourth-order valence-corrected chi connectivity index (χ4v) is 5.63. The summed E-state index contributed by atoms with van der Waals surface area (Å²) in [6.45, 7) is 4.24. The molecule has 2 aliphatic rings. The van der Waals surface area contributed by atoms with Crippen LogP contribution in [0, 0.1) is 5.92 Å². The molecule has 0 bridgehead atoms. The summed E-state index contributed by atoms with van der Waals surface area (Å²) in [4.78, 5) is 34.1. The number of urea groups is 1. The van der Waals surface area contributed by atoms with Crippen LogP contribution < -0.4 is 5.32 Å². The molecule has 0 aromatic carbocycles. The second-order valence-corrected chi connectivity index (χ2v) is 10.5. The number of ether oxygens (including phenoxy) is 1. The van der Waals surface area contributed by atoms with Gasteiger partial charge in [0, 0.05) is 25.0 Å². The van der Waals surface area contributed by atoms with Gasteiger partial charge in [0.1, 0.15) is 0 Å². The summed E-state index contributed by atoms with van der Waals surface area (Å²) in [6.07, 6.45) is 7.71. The summed E-state index contributed by atoms with van der Waals surface area (Å²) in [5.74, 6) is -0.103. The van der Waals surface area contributed by atoms with Crippen LogP contribution in [-0.4, -0.2) is 68.2 Å². The van der Waals surface area contributed by atoms with Crippen molar-refractivity contribution in [3.63, 3.8) is 0 Å². The van der Waals surface area contributed by atoms with Gasteiger partial charge in [-0.3, -0.25) is 20.1 Å². The van der Waals surface area contributed by atoms with Crippen molar-refractivity contribution in [3.05, 3.63) is 30.1 Å². The maximum atomic E-state index is 13.1. The highest BCUT2D eigenvalue weighted by atomic mass is 32.2. The van der Waals surface area contributed by atoms with E-state index in [2.05, 4.69) is 22.2 Å². The number of nitrogens with zero attached hydrogens (tertiary/aromatic N) is 3. The van der Waals surface area contributed by atoms with E-state index in [1.165, 1.54) is 23.5 Å². The molecule has 1 unspecified atom stereocenters. The minimum Gasteiger partial charge on any atom is -0.481 e. The van der Waals surface area contributed by atoms with E-state index in [1.807, 2.05) is 17.0 Å². The third kappa shape index (κ3) is 8.01. The number of hydrogen-bond acceptors (Lipinski definition) is 7. The third-order valence-corrected chi connectivity index (χ3v) is 7.91. The Balaban J connectivity index is 1.50. The Labute approximate surface area is 191 Å². The van der Waals surface area contributed by atoms with Gasteiger partial charge in [-0.15, -0.1) is 11.8 Å². The van der Waals surface area contributed by atoms with E-state index >= 15 is 0 Å². The number of amides is 2. The van der Waals surface area contributed by atoms with Crippen LogP contribution in [0.1, 0.15) is 38.2 Å². The third-order valence-electron chi connectivity index (χ3n) is 5.42. The normalized spacial score (nSPS) is 23.3. The molecule has 1 aromatic heterocycles. The Morgan fingerprint density at radius 1 is 1.29 bits per heavy atom. The molecule has 0 saturated heterocycles. The molecular weight excluding hydrogens is 436 g/mol. The van der Waals surface area contributed by atoms with Crippen LogP contribution in [0.15, 0.2) is 29.5 Å². The summed E-state index contributed by atoms with van der Waals surface area (Å²) in [6, 6.07) is 3.88. The minimum atomic E-state index is -0.840. The lowest BCUT2D eigenvalue weighted by Crippen LogP contribution is -2.49. The number of aliphatic carboxylic acids is 1. The molecule has 2 N–H and O–H groups in total. The number of nitrogens with one attached hydrogen (secondary N) is 1. The standard InChI is InChI=1S/C21H30N4O4S2/c1-15-2-4-17(5-3-15)25(10-11-29-13-16-6-8-22-9-7-16)21(28)24-20-23-12-19(31-20)30-14-18(26)27/h6-9,15,17,19H,2-5,10-14H2,1H3,(H,26,27)(H,23,24,28)/t15-,17-,19?. The van der Waals surface area contributed by atoms with E-state index in [0.29, 0.717) is 37.4 Å². The van der Waals surface area contributed by atoms with Crippen LogP contribution in [0.25, 0.3) is 0 Å². The van der Waals surface area contributed by atoms with Gasteiger partial charge < -0.3 is 14.7 Å². The summed E-state index contributed by atoms with van der Waals surface area (Å²) >= 11 is 2.76. The van der Waals surface area contributed by atoms with Crippen LogP contribution in [0.4, 0.5) is 4.79 Å². The summed E-state index contributed by atoms with van der Waals surface area (Å²) in [7, 11) is 0. The van der Waals surface area contributed by atoms with E-state index in [0.717, 1.165) is 31.2 Å².